The molecule has 0 spiro atoms. The third-order valence-corrected chi connectivity index (χ3v) is 6.33. The first kappa shape index (κ1) is 15.1. The predicted molar refractivity (Wildman–Crippen MR) is 77.6 cm³/mol. The van der Waals surface area contributed by atoms with Gasteiger partial charge >= 0.3 is 5.97 Å². The van der Waals surface area contributed by atoms with Crippen molar-refractivity contribution in [3.05, 3.63) is 22.5 Å². The summed E-state index contributed by atoms with van der Waals surface area (Å²) in [5.74, 6) is -1.22. The van der Waals surface area contributed by atoms with Crippen LogP contribution >= 0.6 is 22.7 Å². The van der Waals surface area contributed by atoms with Crippen LogP contribution in [0.4, 0.5) is 0 Å². The molecular weight excluding hydrogens is 320 g/mol. The number of aromatic nitrogens is 1. The number of rotatable bonds is 5. The number of aryl methyl sites for hydroxylation is 1. The summed E-state index contributed by atoms with van der Waals surface area (Å²) in [6.45, 7) is 3.15. The Morgan fingerprint density at radius 1 is 1.45 bits per heavy atom. The van der Waals surface area contributed by atoms with Crippen molar-refractivity contribution in [2.45, 2.75) is 24.1 Å². The van der Waals surface area contributed by atoms with Crippen molar-refractivity contribution in [2.24, 2.45) is 0 Å². The van der Waals surface area contributed by atoms with Gasteiger partial charge in [-0.05, 0) is 26.0 Å². The third-order valence-electron chi connectivity index (χ3n) is 2.42. The topological polar surface area (TPSA) is 96.4 Å². The van der Waals surface area contributed by atoms with Crippen LogP contribution in [0.5, 0.6) is 0 Å². The number of carboxylic acid groups (broad SMARTS) is 1. The van der Waals surface area contributed by atoms with E-state index in [1.54, 1.807) is 6.07 Å². The molecule has 2 rings (SSSR count). The Balaban J connectivity index is 2.26. The minimum absolute atomic E-state index is 0.0752. The number of thiophene rings is 1. The van der Waals surface area contributed by atoms with Gasteiger partial charge in [0.15, 0.2) is 0 Å². The molecule has 2 aromatic rings. The van der Waals surface area contributed by atoms with Gasteiger partial charge in [-0.25, -0.2) is 13.4 Å². The molecular formula is C11H12N2O4S3. The van der Waals surface area contributed by atoms with Gasteiger partial charge in [0, 0.05) is 5.38 Å². The number of thiazole rings is 1. The van der Waals surface area contributed by atoms with Gasteiger partial charge in [-0.1, -0.05) is 0 Å². The first-order valence-corrected chi connectivity index (χ1v) is 8.75. The molecule has 0 aliphatic heterocycles. The highest BCUT2D eigenvalue weighted by Gasteiger charge is 2.23. The molecule has 0 radical (unpaired) electrons. The van der Waals surface area contributed by atoms with Crippen molar-refractivity contribution in [1.29, 1.82) is 0 Å². The van der Waals surface area contributed by atoms with Gasteiger partial charge in [0.25, 0.3) is 10.0 Å². The van der Waals surface area contributed by atoms with Gasteiger partial charge in [-0.2, -0.15) is 4.72 Å². The van der Waals surface area contributed by atoms with E-state index in [9.17, 15) is 13.2 Å². The molecule has 0 unspecified atom stereocenters. The van der Waals surface area contributed by atoms with E-state index in [1.165, 1.54) is 24.3 Å². The number of carbonyl (C=O) groups is 1. The Hall–Kier alpha value is -1.29. The Morgan fingerprint density at radius 3 is 2.70 bits per heavy atom. The maximum atomic E-state index is 12.0. The highest BCUT2D eigenvalue weighted by atomic mass is 32.2. The zero-order valence-corrected chi connectivity index (χ0v) is 13.1. The average molecular weight is 332 g/mol. The highest BCUT2D eigenvalue weighted by molar-refractivity contribution is 7.91. The van der Waals surface area contributed by atoms with Crippen LogP contribution < -0.4 is 4.72 Å². The molecule has 0 fully saturated rings. The smallest absolute Gasteiger partial charge is 0.321 e. The van der Waals surface area contributed by atoms with Gasteiger partial charge in [0.05, 0.1) is 15.6 Å². The standard InChI is InChI=1S/C11H12N2O4S3/c1-6(11(14)15)13-20(16,17)10-4-3-9(19-10)8-5-18-7(2)12-8/h3-6,13H,1-2H3,(H,14,15)/t6-/m1/s1. The van der Waals surface area contributed by atoms with E-state index in [2.05, 4.69) is 9.71 Å². The second-order valence-electron chi connectivity index (χ2n) is 4.05. The van der Waals surface area contributed by atoms with Crippen LogP contribution in [-0.4, -0.2) is 30.5 Å². The molecule has 108 valence electrons. The summed E-state index contributed by atoms with van der Waals surface area (Å²) in [4.78, 5) is 15.7. The molecule has 0 aliphatic carbocycles. The van der Waals surface area contributed by atoms with Gasteiger partial charge in [-0.15, -0.1) is 22.7 Å². The van der Waals surface area contributed by atoms with E-state index in [0.29, 0.717) is 0 Å². The molecule has 0 saturated heterocycles. The van der Waals surface area contributed by atoms with Gasteiger partial charge in [0.2, 0.25) is 0 Å². The van der Waals surface area contributed by atoms with E-state index < -0.39 is 22.0 Å². The fraction of sp³-hybridized carbons (Fsp3) is 0.273. The molecule has 2 aromatic heterocycles. The van der Waals surface area contributed by atoms with E-state index in [-0.39, 0.29) is 4.21 Å². The van der Waals surface area contributed by atoms with Crippen LogP contribution in [0.15, 0.2) is 21.7 Å². The van der Waals surface area contributed by atoms with Crippen LogP contribution in [-0.2, 0) is 14.8 Å². The first-order valence-electron chi connectivity index (χ1n) is 5.57. The number of hydrogen-bond acceptors (Lipinski definition) is 6. The molecule has 1 atom stereocenters. The lowest BCUT2D eigenvalue weighted by Crippen LogP contribution is -2.37. The van der Waals surface area contributed by atoms with Crippen molar-refractivity contribution in [2.75, 3.05) is 0 Å². The lowest BCUT2D eigenvalue weighted by Gasteiger charge is -2.08. The van der Waals surface area contributed by atoms with Crippen molar-refractivity contribution in [3.8, 4) is 10.6 Å². The van der Waals surface area contributed by atoms with E-state index in [0.717, 1.165) is 26.9 Å². The van der Waals surface area contributed by atoms with Crippen LogP contribution in [0.3, 0.4) is 0 Å². The molecule has 0 aliphatic rings. The molecule has 0 bridgehead atoms. The second-order valence-corrected chi connectivity index (χ2v) is 8.14. The maximum absolute atomic E-state index is 12.0. The van der Waals surface area contributed by atoms with Gasteiger partial charge < -0.3 is 5.11 Å². The quantitative estimate of drug-likeness (QED) is 0.872. The minimum Gasteiger partial charge on any atom is -0.480 e. The highest BCUT2D eigenvalue weighted by Crippen LogP contribution is 2.31. The normalized spacial score (nSPS) is 13.3. The van der Waals surface area contributed by atoms with Crippen molar-refractivity contribution in [3.63, 3.8) is 0 Å². The number of nitrogens with one attached hydrogen (secondary N) is 1. The van der Waals surface area contributed by atoms with Crippen molar-refractivity contribution >= 4 is 38.7 Å². The lowest BCUT2D eigenvalue weighted by atomic mass is 10.4. The molecule has 9 heteroatoms. The number of hydrogen-bond donors (Lipinski definition) is 2. The first-order chi connectivity index (χ1) is 9.29. The Kier molecular flexibility index (Phi) is 4.23. The Bertz CT molecular complexity index is 732. The summed E-state index contributed by atoms with van der Waals surface area (Å²) in [5, 5.41) is 11.5. The summed E-state index contributed by atoms with van der Waals surface area (Å²) in [5.41, 5.74) is 0.727. The SMILES string of the molecule is Cc1nc(-c2ccc(S(=O)(=O)N[C@H](C)C(=O)O)s2)cs1. The minimum atomic E-state index is -3.82. The molecule has 2 heterocycles. The fourth-order valence-corrected chi connectivity index (χ4v) is 4.59. The monoisotopic (exact) mass is 332 g/mol. The molecule has 6 nitrogen and oxygen atoms in total. The molecule has 2 N–H and O–H groups in total. The van der Waals surface area contributed by atoms with Gasteiger partial charge in [-0.3, -0.25) is 4.79 Å². The Labute approximate surface area is 124 Å². The van der Waals surface area contributed by atoms with Crippen LogP contribution in [0.1, 0.15) is 11.9 Å². The van der Waals surface area contributed by atoms with Crippen molar-refractivity contribution in [1.82, 2.24) is 9.71 Å². The maximum Gasteiger partial charge on any atom is 0.321 e. The number of carboxylic acids is 1. The van der Waals surface area contributed by atoms with Crippen molar-refractivity contribution < 1.29 is 18.3 Å². The number of nitrogens with zero attached hydrogens (tertiary/aromatic N) is 1. The Morgan fingerprint density at radius 2 is 2.15 bits per heavy atom. The summed E-state index contributed by atoms with van der Waals surface area (Å²) >= 11 is 2.54. The number of sulfonamides is 1. The molecule has 0 saturated carbocycles. The second kappa shape index (κ2) is 5.60. The lowest BCUT2D eigenvalue weighted by molar-refractivity contribution is -0.138. The van der Waals surface area contributed by atoms with Gasteiger partial charge in [0.1, 0.15) is 10.3 Å². The summed E-state index contributed by atoms with van der Waals surface area (Å²) in [6, 6.07) is 1.94. The molecule has 20 heavy (non-hydrogen) atoms. The van der Waals surface area contributed by atoms with Crippen LogP contribution in [0.2, 0.25) is 0 Å². The third kappa shape index (κ3) is 3.23. The zero-order chi connectivity index (χ0) is 14.9. The molecule has 0 aromatic carbocycles. The summed E-state index contributed by atoms with van der Waals surface area (Å²) in [7, 11) is -3.82. The summed E-state index contributed by atoms with van der Waals surface area (Å²) in [6.07, 6.45) is 0. The average Bonchev–Trinajstić information content (AvgIpc) is 2.96. The van der Waals surface area contributed by atoms with Crippen LogP contribution in [0, 0.1) is 6.92 Å². The predicted octanol–water partition coefficient (Wildman–Crippen LogP) is 1.93. The largest absolute Gasteiger partial charge is 0.480 e. The zero-order valence-electron chi connectivity index (χ0n) is 10.7. The van der Waals surface area contributed by atoms with Crippen LogP contribution in [0.25, 0.3) is 10.6 Å². The fourth-order valence-electron chi connectivity index (χ4n) is 1.42. The van der Waals surface area contributed by atoms with E-state index in [1.807, 2.05) is 12.3 Å². The van der Waals surface area contributed by atoms with E-state index in [4.69, 9.17) is 5.11 Å². The summed E-state index contributed by atoms with van der Waals surface area (Å²) < 4.78 is 26.2. The number of aliphatic carboxylic acids is 1. The molecule has 0 amide bonds. The van der Waals surface area contributed by atoms with E-state index >= 15 is 0 Å².